The lowest BCUT2D eigenvalue weighted by atomic mass is 9.86. The number of halogens is 1. The first-order chi connectivity index (χ1) is 13.3. The molecule has 0 saturated heterocycles. The second kappa shape index (κ2) is 11.8. The fraction of sp³-hybridized carbons (Fsp3) is 0.458. The van der Waals surface area contributed by atoms with Gasteiger partial charge in [-0.25, -0.2) is 0 Å². The molecule has 0 aliphatic carbocycles. The van der Waals surface area contributed by atoms with Crippen LogP contribution in [0.5, 0.6) is 5.75 Å². The molecule has 0 aliphatic heterocycles. The third-order valence-corrected chi connectivity index (χ3v) is 5.30. The number of rotatable bonds is 10. The summed E-state index contributed by atoms with van der Waals surface area (Å²) in [6.45, 7) is 9.76. The zero-order valence-electron chi connectivity index (χ0n) is 17.8. The van der Waals surface area contributed by atoms with Crippen LogP contribution in [-0.2, 0) is 11.2 Å². The summed E-state index contributed by atoms with van der Waals surface area (Å²) in [5, 5.41) is 19.6. The zero-order chi connectivity index (χ0) is 20.7. The van der Waals surface area contributed by atoms with E-state index in [1.807, 2.05) is 30.3 Å². The van der Waals surface area contributed by atoms with Crippen molar-refractivity contribution in [2.45, 2.75) is 65.0 Å². The molecule has 0 aliphatic rings. The van der Waals surface area contributed by atoms with Crippen molar-refractivity contribution in [2.75, 3.05) is 6.54 Å². The van der Waals surface area contributed by atoms with E-state index in [2.05, 4.69) is 44.7 Å². The summed E-state index contributed by atoms with van der Waals surface area (Å²) < 4.78 is 0. The van der Waals surface area contributed by atoms with Crippen LogP contribution in [0.25, 0.3) is 0 Å². The molecule has 2 aromatic rings. The maximum Gasteiger partial charge on any atom is 0.303 e. The van der Waals surface area contributed by atoms with Gasteiger partial charge < -0.3 is 10.2 Å². The molecule has 0 fully saturated rings. The number of phenols is 1. The molecule has 4 nitrogen and oxygen atoms in total. The Labute approximate surface area is 181 Å². The third kappa shape index (κ3) is 7.37. The number of aryl methyl sites for hydroxylation is 1. The highest BCUT2D eigenvalue weighted by molar-refractivity contribution is 5.85. The van der Waals surface area contributed by atoms with Gasteiger partial charge in [-0.1, -0.05) is 42.5 Å². The number of carboxylic acid groups (broad SMARTS) is 1. The van der Waals surface area contributed by atoms with Crippen molar-refractivity contribution >= 4 is 18.4 Å². The van der Waals surface area contributed by atoms with Crippen LogP contribution < -0.4 is 0 Å². The molecule has 2 aromatic carbocycles. The van der Waals surface area contributed by atoms with Gasteiger partial charge in [-0.05, 0) is 64.3 Å². The van der Waals surface area contributed by atoms with E-state index in [4.69, 9.17) is 5.11 Å². The maximum atomic E-state index is 10.9. The Kier molecular flexibility index (Phi) is 10.2. The first kappa shape index (κ1) is 25.0. The lowest BCUT2D eigenvalue weighted by Gasteiger charge is -2.32. The van der Waals surface area contributed by atoms with Crippen molar-refractivity contribution < 1.29 is 15.0 Å². The topological polar surface area (TPSA) is 60.8 Å². The minimum atomic E-state index is -0.807. The first-order valence-electron chi connectivity index (χ1n) is 10.1. The van der Waals surface area contributed by atoms with Crippen molar-refractivity contribution in [3.8, 4) is 5.75 Å². The van der Waals surface area contributed by atoms with E-state index in [1.54, 1.807) is 6.07 Å². The van der Waals surface area contributed by atoms with Crippen LogP contribution in [0.15, 0.2) is 48.5 Å². The van der Waals surface area contributed by atoms with Crippen LogP contribution in [0.3, 0.4) is 0 Å². The fourth-order valence-electron chi connectivity index (χ4n) is 3.87. The van der Waals surface area contributed by atoms with Crippen LogP contribution in [-0.4, -0.2) is 39.7 Å². The minimum Gasteiger partial charge on any atom is -0.508 e. The van der Waals surface area contributed by atoms with Gasteiger partial charge in [-0.3, -0.25) is 9.69 Å². The van der Waals surface area contributed by atoms with Crippen molar-refractivity contribution in [1.82, 2.24) is 4.90 Å². The van der Waals surface area contributed by atoms with Crippen LogP contribution in [0.2, 0.25) is 0 Å². The fourth-order valence-corrected chi connectivity index (χ4v) is 3.87. The van der Waals surface area contributed by atoms with E-state index in [1.165, 1.54) is 5.56 Å². The number of aliphatic carboxylic acids is 1. The Morgan fingerprint density at radius 3 is 2.17 bits per heavy atom. The van der Waals surface area contributed by atoms with Crippen LogP contribution in [0.4, 0.5) is 0 Å². The summed E-state index contributed by atoms with van der Waals surface area (Å²) in [5.74, 6) is -0.474. The summed E-state index contributed by atoms with van der Waals surface area (Å²) in [7, 11) is 0. The molecule has 0 spiro atoms. The molecule has 1 atom stereocenters. The Morgan fingerprint density at radius 1 is 1.00 bits per heavy atom. The summed E-state index contributed by atoms with van der Waals surface area (Å²) in [5.41, 5.74) is 2.99. The van der Waals surface area contributed by atoms with Gasteiger partial charge in [0.25, 0.3) is 0 Å². The van der Waals surface area contributed by atoms with Crippen molar-refractivity contribution in [1.29, 1.82) is 0 Å². The lowest BCUT2D eigenvalue weighted by Crippen LogP contribution is -2.38. The third-order valence-electron chi connectivity index (χ3n) is 5.30. The van der Waals surface area contributed by atoms with Crippen LogP contribution in [0.1, 0.15) is 63.1 Å². The highest BCUT2D eigenvalue weighted by atomic mass is 35.5. The monoisotopic (exact) mass is 419 g/mol. The molecule has 0 heterocycles. The summed E-state index contributed by atoms with van der Waals surface area (Å²) in [6, 6.07) is 16.6. The number of nitrogens with zero attached hydrogens (tertiary/aromatic N) is 1. The van der Waals surface area contributed by atoms with Gasteiger partial charge in [0.05, 0.1) is 0 Å². The molecule has 2 N–H and O–H groups in total. The van der Waals surface area contributed by atoms with Crippen LogP contribution >= 0.6 is 12.4 Å². The first-order valence-corrected chi connectivity index (χ1v) is 10.1. The molecule has 5 heteroatoms. The molecule has 160 valence electrons. The zero-order valence-corrected chi connectivity index (χ0v) is 18.7. The van der Waals surface area contributed by atoms with Gasteiger partial charge >= 0.3 is 5.97 Å². The average Bonchev–Trinajstić information content (AvgIpc) is 2.65. The molecule has 0 bridgehead atoms. The predicted octanol–water partition coefficient (Wildman–Crippen LogP) is 5.47. The quantitative estimate of drug-likeness (QED) is 0.535. The molecular weight excluding hydrogens is 386 g/mol. The number of hydrogen-bond acceptors (Lipinski definition) is 3. The summed E-state index contributed by atoms with van der Waals surface area (Å²) in [6.07, 6.45) is 1.44. The molecule has 0 saturated carbocycles. The van der Waals surface area contributed by atoms with Gasteiger partial charge in [0.2, 0.25) is 0 Å². The van der Waals surface area contributed by atoms with E-state index in [0.29, 0.717) is 18.5 Å². The minimum absolute atomic E-state index is 0. The average molecular weight is 420 g/mol. The number of hydrogen-bond donors (Lipinski definition) is 2. The second-order valence-electron chi connectivity index (χ2n) is 7.96. The highest BCUT2D eigenvalue weighted by Crippen LogP contribution is 2.35. The number of carbonyl (C=O) groups is 1. The Morgan fingerprint density at radius 2 is 1.62 bits per heavy atom. The van der Waals surface area contributed by atoms with Crippen molar-refractivity contribution in [3.63, 3.8) is 0 Å². The van der Waals surface area contributed by atoms with E-state index in [-0.39, 0.29) is 30.5 Å². The number of phenolic OH excluding ortho intramolecular Hbond substituents is 1. The van der Waals surface area contributed by atoms with Gasteiger partial charge in [0.1, 0.15) is 5.75 Å². The Hall–Kier alpha value is -2.04. The number of carboxylic acids is 1. The highest BCUT2D eigenvalue weighted by Gasteiger charge is 2.21. The molecular formula is C24H34ClNO3. The molecule has 0 amide bonds. The lowest BCUT2D eigenvalue weighted by molar-refractivity contribution is -0.136. The van der Waals surface area contributed by atoms with E-state index in [9.17, 15) is 9.90 Å². The molecule has 0 radical (unpaired) electrons. The Balaban J connectivity index is 0.00000420. The van der Waals surface area contributed by atoms with E-state index in [0.717, 1.165) is 24.1 Å². The number of benzene rings is 2. The SMILES string of the molecule is CC(C)N(CC[C@H](c1ccccc1)c1cc(CCC(=O)O)ccc1O)C(C)C.Cl. The van der Waals surface area contributed by atoms with Crippen molar-refractivity contribution in [3.05, 3.63) is 65.2 Å². The van der Waals surface area contributed by atoms with Gasteiger partial charge in [-0.15, -0.1) is 12.4 Å². The largest absolute Gasteiger partial charge is 0.508 e. The molecule has 0 aromatic heterocycles. The van der Waals surface area contributed by atoms with E-state index >= 15 is 0 Å². The summed E-state index contributed by atoms with van der Waals surface area (Å²) in [4.78, 5) is 13.4. The second-order valence-corrected chi connectivity index (χ2v) is 7.96. The van der Waals surface area contributed by atoms with E-state index < -0.39 is 5.97 Å². The van der Waals surface area contributed by atoms with Gasteiger partial charge in [0, 0.05) is 30.0 Å². The standard InChI is InChI=1S/C24H33NO3.ClH/c1-17(2)25(18(3)4)15-14-21(20-8-6-5-7-9-20)22-16-19(10-12-23(22)26)11-13-24(27)28;/h5-10,12,16-18,21,26H,11,13-15H2,1-4H3,(H,27,28);1H/t21-;/m1./s1. The smallest absolute Gasteiger partial charge is 0.303 e. The molecule has 2 rings (SSSR count). The van der Waals surface area contributed by atoms with Gasteiger partial charge in [-0.2, -0.15) is 0 Å². The van der Waals surface area contributed by atoms with Crippen LogP contribution in [0, 0.1) is 0 Å². The van der Waals surface area contributed by atoms with Crippen molar-refractivity contribution in [2.24, 2.45) is 0 Å². The summed E-state index contributed by atoms with van der Waals surface area (Å²) >= 11 is 0. The normalized spacial score (nSPS) is 12.2. The van der Waals surface area contributed by atoms with Gasteiger partial charge in [0.15, 0.2) is 0 Å². The molecule has 29 heavy (non-hydrogen) atoms. The molecule has 0 unspecified atom stereocenters. The Bertz CT molecular complexity index is 754. The predicted molar refractivity (Wildman–Crippen MR) is 121 cm³/mol. The number of aromatic hydroxyl groups is 1. The maximum absolute atomic E-state index is 10.9.